The molecule has 1 N–H and O–H groups in total. The lowest BCUT2D eigenvalue weighted by atomic mass is 10.0. The number of rotatable bonds is 5. The summed E-state index contributed by atoms with van der Waals surface area (Å²) in [6.07, 6.45) is 1.39. The van der Waals surface area contributed by atoms with Crippen molar-refractivity contribution in [2.45, 2.75) is 13.0 Å². The quantitative estimate of drug-likeness (QED) is 0.569. The first-order valence-corrected chi connectivity index (χ1v) is 4.37. The molecule has 1 aromatic carbocycles. The SMILES string of the molecule is N#CCC(=O)c1ccccc1CN[C]=O. The summed E-state index contributed by atoms with van der Waals surface area (Å²) in [4.78, 5) is 21.5. The molecular formula is C11H9N2O2. The summed E-state index contributed by atoms with van der Waals surface area (Å²) < 4.78 is 0. The largest absolute Gasteiger partial charge is 0.344 e. The molecule has 1 aromatic rings. The van der Waals surface area contributed by atoms with Crippen LogP contribution >= 0.6 is 0 Å². The lowest BCUT2D eigenvalue weighted by molar-refractivity contribution is 0.0996. The van der Waals surface area contributed by atoms with Crippen LogP contribution in [0.3, 0.4) is 0 Å². The highest BCUT2D eigenvalue weighted by atomic mass is 16.1. The standard InChI is InChI=1S/C11H9N2O2/c12-6-5-11(15)10-4-2-1-3-9(10)7-13-8-14/h1-4H,5,7H2,(H,13,14). The normalized spacial score (nSPS) is 9.00. The van der Waals surface area contributed by atoms with Gasteiger partial charge in [0.1, 0.15) is 0 Å². The van der Waals surface area contributed by atoms with Crippen molar-refractivity contribution in [3.63, 3.8) is 0 Å². The van der Waals surface area contributed by atoms with Crippen LogP contribution in [0.25, 0.3) is 0 Å². The molecular weight excluding hydrogens is 192 g/mol. The van der Waals surface area contributed by atoms with Crippen molar-refractivity contribution < 1.29 is 9.59 Å². The van der Waals surface area contributed by atoms with Gasteiger partial charge in [-0.15, -0.1) is 0 Å². The number of carbonyl (C=O) groups excluding carboxylic acids is 2. The number of hydrogen-bond acceptors (Lipinski definition) is 3. The van der Waals surface area contributed by atoms with E-state index in [1.807, 2.05) is 0 Å². The summed E-state index contributed by atoms with van der Waals surface area (Å²) in [5.41, 5.74) is 1.17. The van der Waals surface area contributed by atoms with E-state index in [0.29, 0.717) is 11.1 Å². The van der Waals surface area contributed by atoms with Gasteiger partial charge in [-0.05, 0) is 5.56 Å². The van der Waals surface area contributed by atoms with Crippen LogP contribution in [0.2, 0.25) is 0 Å². The molecule has 1 rings (SSSR count). The van der Waals surface area contributed by atoms with Gasteiger partial charge in [-0.3, -0.25) is 9.59 Å². The molecule has 0 bridgehead atoms. The number of carbonyl (C=O) groups is 1. The Morgan fingerprint density at radius 3 is 2.80 bits per heavy atom. The molecule has 0 saturated carbocycles. The van der Waals surface area contributed by atoms with Crippen LogP contribution in [0, 0.1) is 11.3 Å². The summed E-state index contributed by atoms with van der Waals surface area (Å²) in [6.45, 7) is 0.247. The second-order valence-electron chi connectivity index (χ2n) is 2.87. The third-order valence-electron chi connectivity index (χ3n) is 1.91. The van der Waals surface area contributed by atoms with Gasteiger partial charge in [0.15, 0.2) is 5.78 Å². The topological polar surface area (TPSA) is 70.0 Å². The number of Topliss-reactive ketones (excluding diaryl/α,β-unsaturated/α-hetero) is 1. The summed E-state index contributed by atoms with van der Waals surface area (Å²) in [6, 6.07) is 8.66. The number of hydrogen-bond donors (Lipinski definition) is 1. The smallest absolute Gasteiger partial charge is 0.309 e. The Balaban J connectivity index is 2.91. The fourth-order valence-corrected chi connectivity index (χ4v) is 1.24. The molecule has 0 fully saturated rings. The van der Waals surface area contributed by atoms with Gasteiger partial charge in [0, 0.05) is 12.1 Å². The monoisotopic (exact) mass is 201 g/mol. The van der Waals surface area contributed by atoms with E-state index < -0.39 is 0 Å². The molecule has 0 aliphatic rings. The number of nitrogens with zero attached hydrogens (tertiary/aromatic N) is 1. The minimum atomic E-state index is -0.235. The van der Waals surface area contributed by atoms with Gasteiger partial charge in [-0.1, -0.05) is 24.3 Å². The number of nitrogens with one attached hydrogen (secondary N) is 1. The summed E-state index contributed by atoms with van der Waals surface area (Å²) in [5.74, 6) is -0.235. The number of benzene rings is 1. The van der Waals surface area contributed by atoms with Crippen LogP contribution < -0.4 is 5.32 Å². The van der Waals surface area contributed by atoms with Gasteiger partial charge in [0.2, 0.25) is 0 Å². The third kappa shape index (κ3) is 2.92. The molecule has 0 spiro atoms. The van der Waals surface area contributed by atoms with Gasteiger partial charge < -0.3 is 5.32 Å². The van der Waals surface area contributed by atoms with E-state index in [-0.39, 0.29) is 18.7 Å². The molecule has 0 aliphatic carbocycles. The summed E-state index contributed by atoms with van der Waals surface area (Å²) in [5, 5.41) is 10.8. The van der Waals surface area contributed by atoms with Crippen molar-refractivity contribution in [1.29, 1.82) is 5.26 Å². The molecule has 1 amide bonds. The average molecular weight is 201 g/mol. The molecule has 0 saturated heterocycles. The molecule has 0 heterocycles. The van der Waals surface area contributed by atoms with Crippen LogP contribution in [-0.2, 0) is 11.3 Å². The Labute approximate surface area is 87.5 Å². The maximum absolute atomic E-state index is 11.5. The van der Waals surface area contributed by atoms with Gasteiger partial charge >= 0.3 is 6.41 Å². The Kier molecular flexibility index (Phi) is 4.05. The second kappa shape index (κ2) is 5.55. The first-order chi connectivity index (χ1) is 7.29. The van der Waals surface area contributed by atoms with Crippen molar-refractivity contribution in [3.05, 3.63) is 35.4 Å². The van der Waals surface area contributed by atoms with Crippen LogP contribution in [0.15, 0.2) is 24.3 Å². The van der Waals surface area contributed by atoms with Crippen molar-refractivity contribution in [1.82, 2.24) is 5.32 Å². The summed E-state index contributed by atoms with van der Waals surface area (Å²) >= 11 is 0. The van der Waals surface area contributed by atoms with Crippen LogP contribution in [-0.4, -0.2) is 12.2 Å². The third-order valence-corrected chi connectivity index (χ3v) is 1.91. The van der Waals surface area contributed by atoms with Gasteiger partial charge in [0.05, 0.1) is 12.5 Å². The van der Waals surface area contributed by atoms with Crippen molar-refractivity contribution >= 4 is 12.2 Å². The average Bonchev–Trinajstić information content (AvgIpc) is 2.27. The molecule has 0 unspecified atom stereocenters. The van der Waals surface area contributed by atoms with E-state index in [0.717, 1.165) is 0 Å². The Morgan fingerprint density at radius 2 is 2.13 bits per heavy atom. The summed E-state index contributed by atoms with van der Waals surface area (Å²) in [7, 11) is 0. The molecule has 0 aromatic heterocycles. The predicted molar refractivity (Wildman–Crippen MR) is 53.5 cm³/mol. The van der Waals surface area contributed by atoms with Crippen LogP contribution in [0.4, 0.5) is 0 Å². The van der Waals surface area contributed by atoms with E-state index in [9.17, 15) is 9.59 Å². The maximum Gasteiger partial charge on any atom is 0.309 e. The molecule has 1 radical (unpaired) electrons. The van der Waals surface area contributed by atoms with E-state index in [1.165, 1.54) is 6.41 Å². The zero-order valence-corrected chi connectivity index (χ0v) is 7.99. The maximum atomic E-state index is 11.5. The van der Waals surface area contributed by atoms with Crippen molar-refractivity contribution in [2.75, 3.05) is 0 Å². The van der Waals surface area contributed by atoms with Crippen LogP contribution in [0.5, 0.6) is 0 Å². The number of nitriles is 1. The highest BCUT2D eigenvalue weighted by Crippen LogP contribution is 2.10. The fraction of sp³-hybridized carbons (Fsp3) is 0.182. The molecule has 0 atom stereocenters. The molecule has 4 heteroatoms. The minimum absolute atomic E-state index is 0.151. The second-order valence-corrected chi connectivity index (χ2v) is 2.87. The zero-order chi connectivity index (χ0) is 11.1. The lowest BCUT2D eigenvalue weighted by Gasteiger charge is -2.05. The first kappa shape index (κ1) is 10.9. The highest BCUT2D eigenvalue weighted by molar-refractivity contribution is 5.98. The molecule has 75 valence electrons. The first-order valence-electron chi connectivity index (χ1n) is 4.37. The van der Waals surface area contributed by atoms with E-state index >= 15 is 0 Å². The Hall–Kier alpha value is -2.15. The zero-order valence-electron chi connectivity index (χ0n) is 7.99. The van der Waals surface area contributed by atoms with Gasteiger partial charge in [-0.25, -0.2) is 0 Å². The van der Waals surface area contributed by atoms with E-state index in [1.54, 1.807) is 30.3 Å². The van der Waals surface area contributed by atoms with Crippen molar-refractivity contribution in [2.24, 2.45) is 0 Å². The number of ketones is 1. The Bertz CT molecular complexity index is 407. The Morgan fingerprint density at radius 1 is 1.40 bits per heavy atom. The number of amides is 1. The molecule has 0 aliphatic heterocycles. The fourth-order valence-electron chi connectivity index (χ4n) is 1.24. The minimum Gasteiger partial charge on any atom is -0.344 e. The molecule has 4 nitrogen and oxygen atoms in total. The van der Waals surface area contributed by atoms with E-state index in [2.05, 4.69) is 5.32 Å². The molecule has 15 heavy (non-hydrogen) atoms. The van der Waals surface area contributed by atoms with Crippen molar-refractivity contribution in [3.8, 4) is 6.07 Å². The van der Waals surface area contributed by atoms with Crippen LogP contribution in [0.1, 0.15) is 22.3 Å². The predicted octanol–water partition coefficient (Wildman–Crippen LogP) is 0.940. The highest BCUT2D eigenvalue weighted by Gasteiger charge is 2.09. The lowest BCUT2D eigenvalue weighted by Crippen LogP contribution is -2.13. The van der Waals surface area contributed by atoms with Gasteiger partial charge in [-0.2, -0.15) is 5.26 Å². The van der Waals surface area contributed by atoms with Gasteiger partial charge in [0.25, 0.3) is 0 Å². The van der Waals surface area contributed by atoms with E-state index in [4.69, 9.17) is 5.26 Å².